The molecule has 0 radical (unpaired) electrons. The highest BCUT2D eigenvalue weighted by molar-refractivity contribution is 9.09. The Kier molecular flexibility index (Phi) is 4.32. The average Bonchev–Trinajstić information content (AvgIpc) is 3.06. The maximum atomic E-state index is 6.44. The standard InChI is InChI=1S/C15H26BrNO/c16-10-6-13-4-3-11-17(13)12-14-5-9-15(18-14)7-1-2-8-15/h13-14H,1-12H2. The van der Waals surface area contributed by atoms with Crippen molar-refractivity contribution in [3.05, 3.63) is 0 Å². The van der Waals surface area contributed by atoms with Crippen LogP contribution in [0.25, 0.3) is 0 Å². The Hall–Kier alpha value is 0.400. The van der Waals surface area contributed by atoms with Crippen molar-refractivity contribution in [2.24, 2.45) is 0 Å². The van der Waals surface area contributed by atoms with Crippen molar-refractivity contribution in [3.8, 4) is 0 Å². The molecule has 3 heteroatoms. The molecule has 0 N–H and O–H groups in total. The molecule has 2 unspecified atom stereocenters. The Morgan fingerprint density at radius 1 is 1.11 bits per heavy atom. The van der Waals surface area contributed by atoms with Gasteiger partial charge < -0.3 is 4.74 Å². The van der Waals surface area contributed by atoms with Gasteiger partial charge in [-0.25, -0.2) is 0 Å². The van der Waals surface area contributed by atoms with E-state index < -0.39 is 0 Å². The largest absolute Gasteiger partial charge is 0.370 e. The molecule has 3 aliphatic rings. The number of hydrogen-bond donors (Lipinski definition) is 0. The molecule has 1 spiro atoms. The van der Waals surface area contributed by atoms with E-state index >= 15 is 0 Å². The second kappa shape index (κ2) is 5.80. The zero-order valence-electron chi connectivity index (χ0n) is 11.4. The lowest BCUT2D eigenvalue weighted by Gasteiger charge is -2.29. The number of alkyl halides is 1. The van der Waals surface area contributed by atoms with Gasteiger partial charge in [0.05, 0.1) is 11.7 Å². The minimum Gasteiger partial charge on any atom is -0.370 e. The van der Waals surface area contributed by atoms with Gasteiger partial charge in [0.2, 0.25) is 0 Å². The van der Waals surface area contributed by atoms with Gasteiger partial charge in [-0.05, 0) is 51.5 Å². The third kappa shape index (κ3) is 2.78. The van der Waals surface area contributed by atoms with E-state index in [4.69, 9.17) is 4.74 Å². The Morgan fingerprint density at radius 2 is 1.94 bits per heavy atom. The molecule has 0 amide bonds. The number of halogens is 1. The smallest absolute Gasteiger partial charge is 0.0710 e. The summed E-state index contributed by atoms with van der Waals surface area (Å²) >= 11 is 3.59. The maximum Gasteiger partial charge on any atom is 0.0710 e. The molecule has 2 aliphatic heterocycles. The van der Waals surface area contributed by atoms with Gasteiger partial charge >= 0.3 is 0 Å². The van der Waals surface area contributed by atoms with Crippen molar-refractivity contribution in [2.75, 3.05) is 18.4 Å². The van der Waals surface area contributed by atoms with Crippen LogP contribution in [-0.4, -0.2) is 41.1 Å². The zero-order valence-corrected chi connectivity index (χ0v) is 13.0. The Balaban J connectivity index is 1.51. The number of rotatable bonds is 4. The van der Waals surface area contributed by atoms with Crippen LogP contribution in [0.15, 0.2) is 0 Å². The van der Waals surface area contributed by atoms with Gasteiger partial charge in [-0.15, -0.1) is 0 Å². The predicted octanol–water partition coefficient (Wildman–Crippen LogP) is 3.73. The topological polar surface area (TPSA) is 12.5 Å². The molecule has 2 heterocycles. The van der Waals surface area contributed by atoms with Crippen molar-refractivity contribution in [2.45, 2.75) is 75.5 Å². The van der Waals surface area contributed by atoms with Gasteiger partial charge in [0.1, 0.15) is 0 Å². The minimum atomic E-state index is 0.315. The van der Waals surface area contributed by atoms with Crippen LogP contribution in [0.3, 0.4) is 0 Å². The van der Waals surface area contributed by atoms with Crippen LogP contribution >= 0.6 is 15.9 Å². The first-order chi connectivity index (χ1) is 8.81. The van der Waals surface area contributed by atoms with E-state index in [1.54, 1.807) is 0 Å². The molecular formula is C15H26BrNO. The highest BCUT2D eigenvalue weighted by atomic mass is 79.9. The summed E-state index contributed by atoms with van der Waals surface area (Å²) in [6.07, 6.45) is 12.7. The molecule has 3 rings (SSSR count). The van der Waals surface area contributed by atoms with Crippen LogP contribution in [0, 0.1) is 0 Å². The van der Waals surface area contributed by atoms with E-state index in [1.165, 1.54) is 70.9 Å². The first kappa shape index (κ1) is 13.4. The van der Waals surface area contributed by atoms with E-state index in [0.29, 0.717) is 11.7 Å². The van der Waals surface area contributed by atoms with Crippen LogP contribution in [0.5, 0.6) is 0 Å². The van der Waals surface area contributed by atoms with Crippen LogP contribution in [-0.2, 0) is 4.74 Å². The lowest BCUT2D eigenvalue weighted by Crippen LogP contribution is -2.37. The first-order valence-corrected chi connectivity index (χ1v) is 8.91. The van der Waals surface area contributed by atoms with Gasteiger partial charge in [-0.1, -0.05) is 28.8 Å². The summed E-state index contributed by atoms with van der Waals surface area (Å²) in [5, 5.41) is 1.14. The summed E-state index contributed by atoms with van der Waals surface area (Å²) in [6.45, 7) is 2.49. The van der Waals surface area contributed by atoms with Crippen molar-refractivity contribution < 1.29 is 4.74 Å². The predicted molar refractivity (Wildman–Crippen MR) is 78.3 cm³/mol. The van der Waals surface area contributed by atoms with Crippen molar-refractivity contribution in [1.29, 1.82) is 0 Å². The van der Waals surface area contributed by atoms with Gasteiger partial charge in [-0.3, -0.25) is 4.90 Å². The summed E-state index contributed by atoms with van der Waals surface area (Å²) in [4.78, 5) is 2.69. The summed E-state index contributed by atoms with van der Waals surface area (Å²) in [7, 11) is 0. The first-order valence-electron chi connectivity index (χ1n) is 7.79. The molecule has 3 fully saturated rings. The van der Waals surface area contributed by atoms with Crippen LogP contribution in [0.4, 0.5) is 0 Å². The fourth-order valence-electron chi connectivity index (χ4n) is 4.26. The van der Waals surface area contributed by atoms with Crippen LogP contribution < -0.4 is 0 Å². The summed E-state index contributed by atoms with van der Waals surface area (Å²) in [5.74, 6) is 0. The zero-order chi connectivity index (χ0) is 12.4. The van der Waals surface area contributed by atoms with Gasteiger partial charge in [-0.2, -0.15) is 0 Å². The molecule has 2 saturated heterocycles. The SMILES string of the molecule is BrCCC1CCCN1CC1CCC2(CCCC2)O1. The third-order valence-electron chi connectivity index (χ3n) is 5.23. The summed E-state index contributed by atoms with van der Waals surface area (Å²) in [5.41, 5.74) is 0.315. The molecule has 0 aromatic rings. The molecule has 18 heavy (non-hydrogen) atoms. The fraction of sp³-hybridized carbons (Fsp3) is 1.00. The number of ether oxygens (including phenoxy) is 1. The Bertz CT molecular complexity index is 278. The average molecular weight is 316 g/mol. The quantitative estimate of drug-likeness (QED) is 0.733. The van der Waals surface area contributed by atoms with Crippen molar-refractivity contribution in [1.82, 2.24) is 4.90 Å². The number of likely N-dealkylation sites (tertiary alicyclic amines) is 1. The van der Waals surface area contributed by atoms with Crippen LogP contribution in [0.1, 0.15) is 57.8 Å². The number of nitrogens with zero attached hydrogens (tertiary/aromatic N) is 1. The minimum absolute atomic E-state index is 0.315. The lowest BCUT2D eigenvalue weighted by molar-refractivity contribution is -0.0484. The molecule has 0 bridgehead atoms. The van der Waals surface area contributed by atoms with Crippen molar-refractivity contribution >= 4 is 15.9 Å². The normalized spacial score (nSPS) is 35.8. The van der Waals surface area contributed by atoms with E-state index in [2.05, 4.69) is 20.8 Å². The lowest BCUT2D eigenvalue weighted by atomic mass is 9.98. The van der Waals surface area contributed by atoms with Gasteiger partial charge in [0.15, 0.2) is 0 Å². The molecule has 0 aromatic carbocycles. The summed E-state index contributed by atoms with van der Waals surface area (Å²) in [6, 6.07) is 0.813. The van der Waals surface area contributed by atoms with E-state index in [-0.39, 0.29) is 0 Å². The maximum absolute atomic E-state index is 6.44. The van der Waals surface area contributed by atoms with Gasteiger partial charge in [0, 0.05) is 17.9 Å². The number of hydrogen-bond acceptors (Lipinski definition) is 2. The summed E-state index contributed by atoms with van der Waals surface area (Å²) < 4.78 is 6.44. The van der Waals surface area contributed by atoms with Crippen LogP contribution in [0.2, 0.25) is 0 Å². The van der Waals surface area contributed by atoms with Crippen molar-refractivity contribution in [3.63, 3.8) is 0 Å². The van der Waals surface area contributed by atoms with E-state index in [0.717, 1.165) is 11.4 Å². The molecule has 0 aromatic heterocycles. The highest BCUT2D eigenvalue weighted by Crippen LogP contribution is 2.43. The molecule has 2 atom stereocenters. The molecule has 1 aliphatic carbocycles. The second-order valence-corrected chi connectivity index (χ2v) is 7.23. The second-order valence-electron chi connectivity index (χ2n) is 6.44. The molecule has 1 saturated carbocycles. The molecule has 104 valence electrons. The highest BCUT2D eigenvalue weighted by Gasteiger charge is 2.43. The fourth-order valence-corrected chi connectivity index (χ4v) is 4.79. The Morgan fingerprint density at radius 3 is 2.72 bits per heavy atom. The van der Waals surface area contributed by atoms with E-state index in [9.17, 15) is 0 Å². The molecular weight excluding hydrogens is 290 g/mol. The monoisotopic (exact) mass is 315 g/mol. The third-order valence-corrected chi connectivity index (χ3v) is 5.69. The van der Waals surface area contributed by atoms with E-state index in [1.807, 2.05) is 0 Å². The Labute approximate surface area is 120 Å². The van der Waals surface area contributed by atoms with Gasteiger partial charge in [0.25, 0.3) is 0 Å². The molecule has 2 nitrogen and oxygen atoms in total.